The van der Waals surface area contributed by atoms with Crippen LogP contribution in [-0.4, -0.2) is 87.6 Å². The molecule has 138 valence electrons. The van der Waals surface area contributed by atoms with Crippen LogP contribution in [0.4, 0.5) is 0 Å². The Morgan fingerprint density at radius 2 is 2.00 bits per heavy atom. The summed E-state index contributed by atoms with van der Waals surface area (Å²) in [5, 5.41) is 10.8. The Bertz CT molecular complexity index is 741. The zero-order valence-electron chi connectivity index (χ0n) is 14.6. The van der Waals surface area contributed by atoms with Crippen LogP contribution >= 0.6 is 0 Å². The Hall–Kier alpha value is -1.81. The van der Waals surface area contributed by atoms with Gasteiger partial charge in [0.1, 0.15) is 6.33 Å². The number of rotatable bonds is 5. The molecule has 10 heteroatoms. The molecule has 1 amide bonds. The molecule has 0 bridgehead atoms. The van der Waals surface area contributed by atoms with Gasteiger partial charge in [0.05, 0.1) is 24.1 Å². The lowest BCUT2D eigenvalue weighted by atomic mass is 10.0. The molecule has 2 atom stereocenters. The minimum Gasteiger partial charge on any atom is -0.336 e. The van der Waals surface area contributed by atoms with Gasteiger partial charge < -0.3 is 4.90 Å². The zero-order valence-corrected chi connectivity index (χ0v) is 15.4. The first kappa shape index (κ1) is 18.0. The molecule has 0 unspecified atom stereocenters. The molecule has 0 saturated carbocycles. The van der Waals surface area contributed by atoms with Crippen molar-refractivity contribution >= 4 is 15.7 Å². The Balaban J connectivity index is 1.69. The number of sulfone groups is 1. The van der Waals surface area contributed by atoms with Gasteiger partial charge in [-0.05, 0) is 24.3 Å². The number of aromatic nitrogens is 4. The van der Waals surface area contributed by atoms with Crippen LogP contribution in [0.3, 0.4) is 0 Å². The minimum atomic E-state index is -3.12. The second kappa shape index (κ2) is 7.20. The van der Waals surface area contributed by atoms with Crippen LogP contribution in [0, 0.1) is 0 Å². The molecule has 9 nitrogen and oxygen atoms in total. The van der Waals surface area contributed by atoms with E-state index in [9.17, 15) is 13.2 Å². The molecule has 0 aliphatic carbocycles. The maximum absolute atomic E-state index is 12.6. The van der Waals surface area contributed by atoms with E-state index >= 15 is 0 Å². The largest absolute Gasteiger partial charge is 0.336 e. The maximum Gasteiger partial charge on any atom is 0.224 e. The van der Waals surface area contributed by atoms with Gasteiger partial charge in [-0.3, -0.25) is 9.69 Å². The third-order valence-electron chi connectivity index (χ3n) is 4.79. The number of carbonyl (C=O) groups is 1. The average molecular weight is 368 g/mol. The monoisotopic (exact) mass is 368 g/mol. The summed E-state index contributed by atoms with van der Waals surface area (Å²) in [5.74, 6) is 0.148. The van der Waals surface area contributed by atoms with Crippen molar-refractivity contribution in [3.63, 3.8) is 0 Å². The third kappa shape index (κ3) is 4.24. The maximum atomic E-state index is 12.6. The van der Waals surface area contributed by atoms with Gasteiger partial charge in [-0.25, -0.2) is 13.1 Å². The van der Waals surface area contributed by atoms with E-state index < -0.39 is 9.84 Å². The van der Waals surface area contributed by atoms with E-state index in [0.29, 0.717) is 19.6 Å². The molecule has 1 aromatic heterocycles. The number of amides is 1. The minimum absolute atomic E-state index is 0.0375. The number of carbonyl (C=O) groups excluding carboxylic acids is 1. The zero-order chi connectivity index (χ0) is 18.0. The van der Waals surface area contributed by atoms with Crippen molar-refractivity contribution in [2.45, 2.75) is 38.9 Å². The molecule has 2 aliphatic heterocycles. The Labute approximate surface area is 147 Å². The molecule has 0 N–H and O–H groups in total. The number of aryl methyl sites for hydroxylation is 1. The van der Waals surface area contributed by atoms with Crippen molar-refractivity contribution in [3.8, 4) is 0 Å². The van der Waals surface area contributed by atoms with Gasteiger partial charge in [-0.1, -0.05) is 11.6 Å². The highest BCUT2D eigenvalue weighted by Crippen LogP contribution is 2.27. The highest BCUT2D eigenvalue weighted by Gasteiger charge is 2.47. The Morgan fingerprint density at radius 3 is 2.68 bits per heavy atom. The topological polar surface area (TPSA) is 101 Å². The van der Waals surface area contributed by atoms with Gasteiger partial charge in [-0.15, -0.1) is 5.10 Å². The highest BCUT2D eigenvalue weighted by atomic mass is 32.2. The standard InChI is InChI=1S/C15H24N6O3S/c1-12(2)3-5-19-7-8-21(14-10-25(23,24)9-13(14)19)15(22)4-6-20-11-16-17-18-20/h3,11,13-14H,4-10H2,1-2H3/t13-,14+/m1/s1. The van der Waals surface area contributed by atoms with Crippen molar-refractivity contribution in [3.05, 3.63) is 18.0 Å². The number of hydrogen-bond donors (Lipinski definition) is 0. The van der Waals surface area contributed by atoms with E-state index in [1.54, 1.807) is 4.90 Å². The highest BCUT2D eigenvalue weighted by molar-refractivity contribution is 7.91. The second-order valence-corrected chi connectivity index (χ2v) is 9.05. The number of allylic oxidation sites excluding steroid dienone is 1. The van der Waals surface area contributed by atoms with Crippen LogP contribution in [-0.2, 0) is 21.2 Å². The fourth-order valence-electron chi connectivity index (χ4n) is 3.50. The smallest absolute Gasteiger partial charge is 0.224 e. The SMILES string of the molecule is CC(C)=CCN1CCN(C(=O)CCn2cnnn2)[C@H]2CS(=O)(=O)C[C@H]21. The Kier molecular flexibility index (Phi) is 5.19. The van der Waals surface area contributed by atoms with E-state index in [2.05, 4.69) is 26.5 Å². The number of piperazine rings is 1. The number of tetrazole rings is 1. The molecule has 0 radical (unpaired) electrons. The normalized spacial score (nSPS) is 25.6. The molecule has 1 aromatic rings. The van der Waals surface area contributed by atoms with E-state index in [1.807, 2.05) is 13.8 Å². The average Bonchev–Trinajstić information content (AvgIpc) is 3.16. The summed E-state index contributed by atoms with van der Waals surface area (Å²) in [7, 11) is -3.12. The first-order chi connectivity index (χ1) is 11.9. The molecule has 2 aliphatic rings. The molecule has 3 rings (SSSR count). The van der Waals surface area contributed by atoms with Crippen LogP contribution < -0.4 is 0 Å². The first-order valence-electron chi connectivity index (χ1n) is 8.44. The van der Waals surface area contributed by atoms with Gasteiger partial charge in [-0.2, -0.15) is 0 Å². The van der Waals surface area contributed by atoms with Crippen molar-refractivity contribution in [2.24, 2.45) is 0 Å². The number of hydrogen-bond acceptors (Lipinski definition) is 7. The summed E-state index contributed by atoms with van der Waals surface area (Å²) < 4.78 is 25.9. The predicted molar refractivity (Wildman–Crippen MR) is 91.4 cm³/mol. The van der Waals surface area contributed by atoms with Crippen molar-refractivity contribution in [1.29, 1.82) is 0 Å². The molecule has 0 spiro atoms. The molecule has 2 fully saturated rings. The fourth-order valence-corrected chi connectivity index (χ4v) is 5.51. The van der Waals surface area contributed by atoms with Crippen LogP contribution in [0.15, 0.2) is 18.0 Å². The summed E-state index contributed by atoms with van der Waals surface area (Å²) in [6.07, 6.45) is 3.84. The summed E-state index contributed by atoms with van der Waals surface area (Å²) in [6, 6.07) is -0.378. The second-order valence-electron chi connectivity index (χ2n) is 6.90. The summed E-state index contributed by atoms with van der Waals surface area (Å²) >= 11 is 0. The molecule has 0 aromatic carbocycles. The molecule has 2 saturated heterocycles. The fraction of sp³-hybridized carbons (Fsp3) is 0.733. The van der Waals surface area contributed by atoms with E-state index in [1.165, 1.54) is 16.6 Å². The van der Waals surface area contributed by atoms with Gasteiger partial charge >= 0.3 is 0 Å². The lowest BCUT2D eigenvalue weighted by molar-refractivity contribution is -0.137. The summed E-state index contributed by atoms with van der Waals surface area (Å²) in [6.45, 7) is 6.43. The van der Waals surface area contributed by atoms with E-state index in [0.717, 1.165) is 6.54 Å². The lowest BCUT2D eigenvalue weighted by Crippen LogP contribution is -2.60. The van der Waals surface area contributed by atoms with Gasteiger partial charge in [0, 0.05) is 32.1 Å². The molecule has 3 heterocycles. The van der Waals surface area contributed by atoms with Crippen molar-refractivity contribution in [1.82, 2.24) is 30.0 Å². The Morgan fingerprint density at radius 1 is 1.24 bits per heavy atom. The summed E-state index contributed by atoms with van der Waals surface area (Å²) in [4.78, 5) is 16.6. The molecular weight excluding hydrogens is 344 g/mol. The molecule has 25 heavy (non-hydrogen) atoms. The first-order valence-corrected chi connectivity index (χ1v) is 10.3. The van der Waals surface area contributed by atoms with Crippen molar-refractivity contribution < 1.29 is 13.2 Å². The predicted octanol–water partition coefficient (Wildman–Crippen LogP) is -0.661. The van der Waals surface area contributed by atoms with Gasteiger partial charge in [0.15, 0.2) is 9.84 Å². The number of fused-ring (bicyclic) bond motifs is 1. The van der Waals surface area contributed by atoms with E-state index in [-0.39, 0.29) is 35.9 Å². The van der Waals surface area contributed by atoms with Crippen LogP contribution in [0.5, 0.6) is 0 Å². The van der Waals surface area contributed by atoms with Crippen LogP contribution in [0.25, 0.3) is 0 Å². The number of nitrogens with zero attached hydrogens (tertiary/aromatic N) is 6. The summed E-state index contributed by atoms with van der Waals surface area (Å²) in [5.41, 5.74) is 1.21. The molecular formula is C15H24N6O3S. The van der Waals surface area contributed by atoms with Crippen LogP contribution in [0.1, 0.15) is 20.3 Å². The third-order valence-corrected chi connectivity index (χ3v) is 6.49. The van der Waals surface area contributed by atoms with Crippen molar-refractivity contribution in [2.75, 3.05) is 31.1 Å². The van der Waals surface area contributed by atoms with Crippen LogP contribution in [0.2, 0.25) is 0 Å². The van der Waals surface area contributed by atoms with Gasteiger partial charge in [0.25, 0.3) is 0 Å². The quantitative estimate of drug-likeness (QED) is 0.636. The van der Waals surface area contributed by atoms with E-state index in [4.69, 9.17) is 0 Å². The van der Waals surface area contributed by atoms with Gasteiger partial charge in [0.2, 0.25) is 5.91 Å². The lowest BCUT2D eigenvalue weighted by Gasteiger charge is -2.43.